The van der Waals surface area contributed by atoms with Gasteiger partial charge in [0.2, 0.25) is 5.91 Å². The van der Waals surface area contributed by atoms with Gasteiger partial charge in [-0.3, -0.25) is 14.9 Å². The Bertz CT molecular complexity index is 1250. The van der Waals surface area contributed by atoms with Gasteiger partial charge in [0.15, 0.2) is 0 Å². The van der Waals surface area contributed by atoms with E-state index < -0.39 is 16.7 Å². The predicted octanol–water partition coefficient (Wildman–Crippen LogP) is 4.96. The van der Waals surface area contributed by atoms with Crippen molar-refractivity contribution in [3.05, 3.63) is 99.4 Å². The van der Waals surface area contributed by atoms with Crippen LogP contribution in [0.1, 0.15) is 34.8 Å². The second-order valence-corrected chi connectivity index (χ2v) is 7.37. The number of nitrogens with zero attached hydrogens (tertiary/aromatic N) is 1. The summed E-state index contributed by atoms with van der Waals surface area (Å²) in [6.07, 6.45) is 3.17. The third-order valence-electron chi connectivity index (χ3n) is 5.24. The molecular weight excluding hydrogens is 401 g/mol. The van der Waals surface area contributed by atoms with E-state index in [9.17, 15) is 19.3 Å². The zero-order valence-corrected chi connectivity index (χ0v) is 16.7. The van der Waals surface area contributed by atoms with Crippen molar-refractivity contribution in [3.8, 4) is 0 Å². The van der Waals surface area contributed by atoms with Crippen LogP contribution in [0.3, 0.4) is 0 Å². The predicted molar refractivity (Wildman–Crippen MR) is 113 cm³/mol. The topological polar surface area (TPSA) is 101 Å². The molecule has 2 heterocycles. The van der Waals surface area contributed by atoms with Crippen LogP contribution in [0.5, 0.6) is 0 Å². The quantitative estimate of drug-likeness (QED) is 0.325. The second-order valence-electron chi connectivity index (χ2n) is 7.37. The number of amides is 1. The number of rotatable bonds is 7. The number of H-pyrrole nitrogens is 1. The number of benzene rings is 2. The molecule has 4 rings (SSSR count). The van der Waals surface area contributed by atoms with Gasteiger partial charge in [-0.1, -0.05) is 17.7 Å². The molecule has 4 aromatic rings. The number of hydrogen-bond acceptors (Lipinski definition) is 4. The van der Waals surface area contributed by atoms with Crippen LogP contribution < -0.4 is 5.32 Å². The fraction of sp³-hybridized carbons (Fsp3) is 0.174. The van der Waals surface area contributed by atoms with Crippen molar-refractivity contribution in [1.29, 1.82) is 0 Å². The highest BCUT2D eigenvalue weighted by Crippen LogP contribution is 2.36. The minimum absolute atomic E-state index is 0.0310. The summed E-state index contributed by atoms with van der Waals surface area (Å²) in [5.74, 6) is -0.752. The third kappa shape index (κ3) is 4.32. The van der Waals surface area contributed by atoms with E-state index in [2.05, 4.69) is 10.3 Å². The Kier molecular flexibility index (Phi) is 5.53. The number of aromatic amines is 1. The molecule has 0 aliphatic heterocycles. The number of nitrogens with one attached hydrogen (secondary N) is 2. The van der Waals surface area contributed by atoms with Crippen molar-refractivity contribution >= 4 is 22.5 Å². The maximum atomic E-state index is 14.8. The van der Waals surface area contributed by atoms with E-state index in [0.717, 1.165) is 5.56 Å². The number of nitro benzene ring substituents is 1. The molecular formula is C23H20FN3O4. The molecule has 31 heavy (non-hydrogen) atoms. The lowest BCUT2D eigenvalue weighted by molar-refractivity contribution is -0.384. The van der Waals surface area contributed by atoms with Crippen LogP contribution in [0.2, 0.25) is 0 Å². The molecule has 1 amide bonds. The zero-order valence-electron chi connectivity index (χ0n) is 16.7. The van der Waals surface area contributed by atoms with E-state index in [0.29, 0.717) is 27.8 Å². The van der Waals surface area contributed by atoms with E-state index in [1.807, 2.05) is 6.92 Å². The summed E-state index contributed by atoms with van der Waals surface area (Å²) in [4.78, 5) is 26.6. The fourth-order valence-electron chi connectivity index (χ4n) is 3.71. The Balaban J connectivity index is 1.73. The summed E-state index contributed by atoms with van der Waals surface area (Å²) < 4.78 is 20.0. The van der Waals surface area contributed by atoms with Gasteiger partial charge in [0.05, 0.1) is 17.7 Å². The van der Waals surface area contributed by atoms with Gasteiger partial charge in [0.1, 0.15) is 11.6 Å². The number of non-ortho nitro benzene ring substituents is 1. The number of fused-ring (bicyclic) bond motifs is 1. The highest BCUT2D eigenvalue weighted by molar-refractivity contribution is 5.87. The molecule has 8 heteroatoms. The van der Waals surface area contributed by atoms with E-state index in [1.54, 1.807) is 36.5 Å². The molecule has 0 bridgehead atoms. The van der Waals surface area contributed by atoms with Gasteiger partial charge in [0.25, 0.3) is 5.69 Å². The summed E-state index contributed by atoms with van der Waals surface area (Å²) in [5.41, 5.74) is 2.44. The molecule has 0 aliphatic rings. The lowest BCUT2D eigenvalue weighted by Crippen LogP contribution is -2.25. The smallest absolute Gasteiger partial charge is 0.270 e. The Morgan fingerprint density at radius 1 is 1.23 bits per heavy atom. The standard InChI is InChI=1S/C23H20FN3O4/c1-14-4-6-21(24)18(9-14)17(11-23(28)26-12-16-3-2-8-31-16)20-13-25-22-7-5-15(27(29)30)10-19(20)22/h2-10,13,17,25H,11-12H2,1H3,(H,26,28)/t17-/m1/s1. The first kappa shape index (κ1) is 20.3. The summed E-state index contributed by atoms with van der Waals surface area (Å²) >= 11 is 0. The monoisotopic (exact) mass is 421 g/mol. The first-order valence-corrected chi connectivity index (χ1v) is 9.73. The second kappa shape index (κ2) is 8.43. The molecule has 2 aromatic heterocycles. The van der Waals surface area contributed by atoms with Crippen LogP contribution >= 0.6 is 0 Å². The lowest BCUT2D eigenvalue weighted by Gasteiger charge is -2.18. The van der Waals surface area contributed by atoms with E-state index in [4.69, 9.17) is 4.42 Å². The van der Waals surface area contributed by atoms with Crippen LogP contribution in [0.15, 0.2) is 65.4 Å². The largest absolute Gasteiger partial charge is 0.467 e. The van der Waals surface area contributed by atoms with Crippen molar-refractivity contribution in [1.82, 2.24) is 10.3 Å². The number of halogens is 1. The molecule has 0 unspecified atom stereocenters. The van der Waals surface area contributed by atoms with Crippen molar-refractivity contribution in [3.63, 3.8) is 0 Å². The number of nitro groups is 1. The Morgan fingerprint density at radius 2 is 2.06 bits per heavy atom. The molecule has 0 saturated heterocycles. The SMILES string of the molecule is Cc1ccc(F)c([C@@H](CC(=O)NCc2ccco2)c2c[nH]c3ccc([N+](=O)[O-])cc23)c1. The molecule has 0 saturated carbocycles. The number of carbonyl (C=O) groups is 1. The molecule has 7 nitrogen and oxygen atoms in total. The zero-order chi connectivity index (χ0) is 22.0. The Labute approximate surface area is 177 Å². The van der Waals surface area contributed by atoms with Crippen molar-refractivity contribution in [2.75, 3.05) is 0 Å². The van der Waals surface area contributed by atoms with Crippen LogP contribution in [0.4, 0.5) is 10.1 Å². The van der Waals surface area contributed by atoms with Crippen molar-refractivity contribution < 1.29 is 18.5 Å². The molecule has 0 fully saturated rings. The average Bonchev–Trinajstić information content (AvgIpc) is 3.41. The number of carbonyl (C=O) groups excluding carboxylic acids is 1. The number of hydrogen-bond donors (Lipinski definition) is 2. The molecule has 0 aliphatic carbocycles. The van der Waals surface area contributed by atoms with Gasteiger partial charge in [-0.2, -0.15) is 0 Å². The summed E-state index contributed by atoms with van der Waals surface area (Å²) in [6, 6.07) is 12.7. The Hall–Kier alpha value is -3.94. The van der Waals surface area contributed by atoms with E-state index in [1.165, 1.54) is 24.5 Å². The number of furan rings is 1. The van der Waals surface area contributed by atoms with Gasteiger partial charge in [-0.05, 0) is 42.3 Å². The first-order valence-electron chi connectivity index (χ1n) is 9.73. The van der Waals surface area contributed by atoms with Gasteiger partial charge in [0, 0.05) is 41.6 Å². The van der Waals surface area contributed by atoms with E-state index in [-0.39, 0.29) is 24.6 Å². The van der Waals surface area contributed by atoms with Crippen LogP contribution in [-0.4, -0.2) is 15.8 Å². The van der Waals surface area contributed by atoms with Crippen LogP contribution in [0, 0.1) is 22.9 Å². The molecule has 0 spiro atoms. The van der Waals surface area contributed by atoms with Gasteiger partial charge >= 0.3 is 0 Å². The van der Waals surface area contributed by atoms with Gasteiger partial charge in [-0.25, -0.2) is 4.39 Å². The minimum atomic E-state index is -0.632. The summed E-state index contributed by atoms with van der Waals surface area (Å²) in [7, 11) is 0. The lowest BCUT2D eigenvalue weighted by atomic mass is 9.86. The van der Waals surface area contributed by atoms with Gasteiger partial charge in [-0.15, -0.1) is 0 Å². The summed E-state index contributed by atoms with van der Waals surface area (Å²) in [6.45, 7) is 2.06. The highest BCUT2D eigenvalue weighted by atomic mass is 19.1. The molecule has 0 radical (unpaired) electrons. The van der Waals surface area contributed by atoms with Gasteiger partial charge < -0.3 is 14.7 Å². The van der Waals surface area contributed by atoms with Crippen LogP contribution in [-0.2, 0) is 11.3 Å². The normalized spacial score (nSPS) is 12.1. The fourth-order valence-corrected chi connectivity index (χ4v) is 3.71. The minimum Gasteiger partial charge on any atom is -0.467 e. The van der Waals surface area contributed by atoms with Crippen molar-refractivity contribution in [2.45, 2.75) is 25.8 Å². The maximum Gasteiger partial charge on any atom is 0.270 e. The van der Waals surface area contributed by atoms with E-state index >= 15 is 0 Å². The highest BCUT2D eigenvalue weighted by Gasteiger charge is 2.25. The molecule has 1 atom stereocenters. The van der Waals surface area contributed by atoms with Crippen LogP contribution in [0.25, 0.3) is 10.9 Å². The average molecular weight is 421 g/mol. The molecule has 2 aromatic carbocycles. The number of aryl methyl sites for hydroxylation is 1. The third-order valence-corrected chi connectivity index (χ3v) is 5.24. The Morgan fingerprint density at radius 3 is 2.81 bits per heavy atom. The number of aromatic nitrogens is 1. The first-order chi connectivity index (χ1) is 14.9. The molecule has 158 valence electrons. The maximum absolute atomic E-state index is 14.8. The van der Waals surface area contributed by atoms with Crippen molar-refractivity contribution in [2.24, 2.45) is 0 Å². The molecule has 2 N–H and O–H groups in total. The summed E-state index contributed by atoms with van der Waals surface area (Å²) in [5, 5.41) is 14.6.